The molecule has 3 nitrogen and oxygen atoms in total. The van der Waals surface area contributed by atoms with Crippen molar-refractivity contribution in [2.75, 3.05) is 0 Å². The fourth-order valence-electron chi connectivity index (χ4n) is 3.85. The molecule has 3 aromatic rings. The van der Waals surface area contributed by atoms with Gasteiger partial charge in [0.1, 0.15) is 5.75 Å². The van der Waals surface area contributed by atoms with E-state index in [1.165, 1.54) is 18.2 Å². The minimum atomic E-state index is -4.65. The molecule has 6 heteroatoms. The third-order valence-corrected chi connectivity index (χ3v) is 5.79. The number of phenols is 1. The van der Waals surface area contributed by atoms with Crippen molar-refractivity contribution in [2.24, 2.45) is 5.16 Å². The summed E-state index contributed by atoms with van der Waals surface area (Å²) in [5.74, 6) is 0.0655. The Balaban J connectivity index is 1.84. The van der Waals surface area contributed by atoms with Gasteiger partial charge in [-0.25, -0.2) is 0 Å². The van der Waals surface area contributed by atoms with Crippen LogP contribution in [0.3, 0.4) is 0 Å². The fraction of sp³-hybridized carbons (Fsp3) is 0.261. The van der Waals surface area contributed by atoms with Gasteiger partial charge in [0.25, 0.3) is 5.60 Å². The monoisotopic (exact) mass is 399 g/mol. The van der Waals surface area contributed by atoms with Crippen molar-refractivity contribution >= 4 is 16.5 Å². The van der Waals surface area contributed by atoms with E-state index in [0.29, 0.717) is 16.3 Å². The highest BCUT2D eigenvalue weighted by atomic mass is 19.4. The van der Waals surface area contributed by atoms with E-state index in [0.717, 1.165) is 16.7 Å². The molecule has 0 bridgehead atoms. The number of oxime groups is 1. The summed E-state index contributed by atoms with van der Waals surface area (Å²) in [4.78, 5) is 5.19. The number of rotatable bonds is 2. The molecule has 1 N–H and O–H groups in total. The van der Waals surface area contributed by atoms with Gasteiger partial charge in [-0.3, -0.25) is 0 Å². The molecule has 150 valence electrons. The molecule has 3 aromatic carbocycles. The molecule has 1 unspecified atom stereocenters. The van der Waals surface area contributed by atoms with Gasteiger partial charge in [0.15, 0.2) is 0 Å². The van der Waals surface area contributed by atoms with Gasteiger partial charge in [-0.15, -0.1) is 0 Å². The molecule has 0 aromatic heterocycles. The maximum atomic E-state index is 14.3. The van der Waals surface area contributed by atoms with E-state index in [9.17, 15) is 18.3 Å². The first-order valence-corrected chi connectivity index (χ1v) is 9.25. The molecule has 0 radical (unpaired) electrons. The summed E-state index contributed by atoms with van der Waals surface area (Å²) in [5.41, 5.74) is 0.734. The Bertz CT molecular complexity index is 1130. The van der Waals surface area contributed by atoms with Crippen molar-refractivity contribution in [3.05, 3.63) is 76.3 Å². The first-order valence-electron chi connectivity index (χ1n) is 9.25. The van der Waals surface area contributed by atoms with Crippen LogP contribution in [0, 0.1) is 20.8 Å². The summed E-state index contributed by atoms with van der Waals surface area (Å²) in [6, 6.07) is 13.1. The van der Waals surface area contributed by atoms with E-state index in [1.807, 2.05) is 6.92 Å². The smallest absolute Gasteiger partial charge is 0.435 e. The van der Waals surface area contributed by atoms with Crippen LogP contribution in [0.1, 0.15) is 34.2 Å². The average molecular weight is 399 g/mol. The second kappa shape index (κ2) is 6.51. The average Bonchev–Trinajstić information content (AvgIpc) is 3.13. The number of fused-ring (bicyclic) bond motifs is 1. The van der Waals surface area contributed by atoms with E-state index in [-0.39, 0.29) is 17.0 Å². The van der Waals surface area contributed by atoms with Crippen molar-refractivity contribution in [3.63, 3.8) is 0 Å². The molecule has 29 heavy (non-hydrogen) atoms. The molecule has 1 aliphatic heterocycles. The Labute approximate surface area is 166 Å². The number of phenolic OH excluding ortho intramolecular Hbond substituents is 1. The summed E-state index contributed by atoms with van der Waals surface area (Å²) in [5, 5.41) is 15.1. The Kier molecular flexibility index (Phi) is 4.33. The number of halogens is 3. The summed E-state index contributed by atoms with van der Waals surface area (Å²) < 4.78 is 42.9. The number of alkyl halides is 3. The van der Waals surface area contributed by atoms with Crippen LogP contribution in [0.25, 0.3) is 10.8 Å². The maximum absolute atomic E-state index is 14.3. The predicted octanol–water partition coefficient (Wildman–Crippen LogP) is 6.05. The lowest BCUT2D eigenvalue weighted by Crippen LogP contribution is -2.42. The molecule has 0 fully saturated rings. The van der Waals surface area contributed by atoms with E-state index >= 15 is 0 Å². The number of aromatic hydroxyl groups is 1. The summed E-state index contributed by atoms with van der Waals surface area (Å²) in [6.45, 7) is 5.47. The molecule has 0 saturated heterocycles. The van der Waals surface area contributed by atoms with E-state index in [2.05, 4.69) is 5.16 Å². The molecule has 0 aliphatic carbocycles. The quantitative estimate of drug-likeness (QED) is 0.570. The fourth-order valence-corrected chi connectivity index (χ4v) is 3.85. The van der Waals surface area contributed by atoms with Gasteiger partial charge in [-0.2, -0.15) is 13.2 Å². The third kappa shape index (κ3) is 2.94. The van der Waals surface area contributed by atoms with Gasteiger partial charge in [0, 0.05) is 22.9 Å². The number of nitrogens with zero attached hydrogens (tertiary/aromatic N) is 1. The largest absolute Gasteiger partial charge is 0.507 e. The zero-order valence-electron chi connectivity index (χ0n) is 16.3. The van der Waals surface area contributed by atoms with Crippen LogP contribution in [0.15, 0.2) is 53.7 Å². The van der Waals surface area contributed by atoms with E-state index < -0.39 is 18.2 Å². The molecular formula is C23H20F3NO2. The summed E-state index contributed by atoms with van der Waals surface area (Å²) in [7, 11) is 0. The van der Waals surface area contributed by atoms with E-state index in [4.69, 9.17) is 4.84 Å². The molecule has 1 aliphatic rings. The van der Waals surface area contributed by atoms with E-state index in [1.54, 1.807) is 44.2 Å². The van der Waals surface area contributed by atoms with Gasteiger partial charge in [0.2, 0.25) is 0 Å². The lowest BCUT2D eigenvalue weighted by Gasteiger charge is -2.30. The molecule has 0 amide bonds. The SMILES string of the molecule is Cc1cc(C2(C(F)(F)F)CC(c3ccc(O)c4ccccc34)=NO2)cc(C)c1C. The standard InChI is InChI=1S/C23H20F3NO2/c1-13-10-16(11-14(2)15(13)3)22(23(24,25)26)12-20(27-29-22)18-8-9-21(28)19-7-5-4-6-17(18)19/h4-11,28H,12H2,1-3H3. The minimum absolute atomic E-state index is 0.0485. The van der Waals surface area contributed by atoms with Gasteiger partial charge in [-0.1, -0.05) is 41.6 Å². The predicted molar refractivity (Wildman–Crippen MR) is 106 cm³/mol. The van der Waals surface area contributed by atoms with Crippen LogP contribution in [-0.2, 0) is 10.4 Å². The zero-order valence-corrected chi connectivity index (χ0v) is 16.3. The van der Waals surface area contributed by atoms with Crippen LogP contribution in [0.4, 0.5) is 13.2 Å². The lowest BCUT2D eigenvalue weighted by molar-refractivity contribution is -0.275. The van der Waals surface area contributed by atoms with Crippen molar-refractivity contribution in [2.45, 2.75) is 39.0 Å². The zero-order chi connectivity index (χ0) is 21.0. The highest BCUT2D eigenvalue weighted by Gasteiger charge is 2.62. The Morgan fingerprint density at radius 1 is 0.966 bits per heavy atom. The molecule has 0 saturated carbocycles. The van der Waals surface area contributed by atoms with Crippen LogP contribution < -0.4 is 0 Å². The highest BCUT2D eigenvalue weighted by molar-refractivity contribution is 6.12. The molecule has 1 atom stereocenters. The topological polar surface area (TPSA) is 41.8 Å². The number of benzene rings is 3. The Hall–Kier alpha value is -3.02. The molecule has 4 rings (SSSR count). The van der Waals surface area contributed by atoms with Crippen LogP contribution in [0.5, 0.6) is 5.75 Å². The third-order valence-electron chi connectivity index (χ3n) is 5.79. The maximum Gasteiger partial charge on any atom is 0.435 e. The van der Waals surface area contributed by atoms with Crippen molar-refractivity contribution in [1.82, 2.24) is 0 Å². The van der Waals surface area contributed by atoms with Gasteiger partial charge in [0.05, 0.1) is 5.71 Å². The number of hydrogen-bond donors (Lipinski definition) is 1. The first kappa shape index (κ1) is 19.3. The van der Waals surface area contributed by atoms with Crippen molar-refractivity contribution in [1.29, 1.82) is 0 Å². The normalized spacial score (nSPS) is 19.3. The van der Waals surface area contributed by atoms with Crippen molar-refractivity contribution < 1.29 is 23.1 Å². The number of aryl methyl sites for hydroxylation is 2. The first-order chi connectivity index (χ1) is 13.6. The summed E-state index contributed by atoms with van der Waals surface area (Å²) >= 11 is 0. The lowest BCUT2D eigenvalue weighted by atomic mass is 9.83. The van der Waals surface area contributed by atoms with Gasteiger partial charge in [-0.05, 0) is 55.0 Å². The summed E-state index contributed by atoms with van der Waals surface area (Å²) in [6.07, 6.45) is -5.09. The second-order valence-electron chi connectivity index (χ2n) is 7.54. The Morgan fingerprint density at radius 2 is 1.59 bits per heavy atom. The van der Waals surface area contributed by atoms with Crippen molar-refractivity contribution in [3.8, 4) is 5.75 Å². The van der Waals surface area contributed by atoms with Crippen LogP contribution in [-0.4, -0.2) is 17.0 Å². The Morgan fingerprint density at radius 3 is 2.21 bits per heavy atom. The molecular weight excluding hydrogens is 379 g/mol. The van der Waals surface area contributed by atoms with Gasteiger partial charge < -0.3 is 9.94 Å². The van der Waals surface area contributed by atoms with Crippen LogP contribution >= 0.6 is 0 Å². The van der Waals surface area contributed by atoms with Gasteiger partial charge >= 0.3 is 6.18 Å². The molecule has 1 heterocycles. The molecule has 0 spiro atoms. The highest BCUT2D eigenvalue weighted by Crippen LogP contribution is 2.49. The number of hydrogen-bond acceptors (Lipinski definition) is 3. The minimum Gasteiger partial charge on any atom is -0.507 e. The van der Waals surface area contributed by atoms with Crippen LogP contribution in [0.2, 0.25) is 0 Å². The second-order valence-corrected chi connectivity index (χ2v) is 7.54.